The number of unbranched alkanes of at least 4 members (excludes halogenated alkanes) is 45. The van der Waals surface area contributed by atoms with Gasteiger partial charge in [0.2, 0.25) is 0 Å². The van der Waals surface area contributed by atoms with Crippen LogP contribution in [0.5, 0.6) is 0 Å². The lowest BCUT2D eigenvalue weighted by molar-refractivity contribution is -0.0923. The predicted molar refractivity (Wildman–Crippen MR) is 346 cm³/mol. The third kappa shape index (κ3) is 63.9. The number of hydrogen-bond donors (Lipinski definition) is 1. The summed E-state index contributed by atoms with van der Waals surface area (Å²) in [5.41, 5.74) is -0.484. The van der Waals surface area contributed by atoms with Gasteiger partial charge in [-0.25, -0.2) is 0 Å². The smallest absolute Gasteiger partial charge is 0.0635 e. The lowest BCUT2D eigenvalue weighted by Crippen LogP contribution is -2.41. The van der Waals surface area contributed by atoms with Crippen LogP contribution in [0.2, 0.25) is 0 Å². The minimum Gasteiger partial charge on any atom is -0.396 e. The molecule has 0 aliphatic carbocycles. The first-order valence-corrected chi connectivity index (χ1v) is 37.8. The molecule has 0 aromatic heterocycles. The standard InChI is InChI=1S/C68H138O4S3/c1-4-7-10-13-16-19-22-25-28-31-34-37-40-43-46-49-58-73-61-52-55-70-65-68(64-69,66-71-56-53-62-74-59-50-47-44-41-38-35-32-29-26-23-20-17-14-11-8-5-2)67-72-57-54-63-75-60-51-48-45-42-39-36-33-30-27-24-21-18-15-12-9-6-3/h69H,4-67H2,1-3H3. The van der Waals surface area contributed by atoms with Crippen LogP contribution in [-0.2, 0) is 14.2 Å². The highest BCUT2D eigenvalue weighted by Crippen LogP contribution is 2.22. The van der Waals surface area contributed by atoms with Gasteiger partial charge in [0.15, 0.2) is 0 Å². The van der Waals surface area contributed by atoms with Gasteiger partial charge in [-0.2, -0.15) is 35.3 Å². The number of rotatable bonds is 70. The summed E-state index contributed by atoms with van der Waals surface area (Å²) in [4.78, 5) is 0. The molecule has 0 bridgehead atoms. The molecule has 75 heavy (non-hydrogen) atoms. The third-order valence-corrected chi connectivity index (χ3v) is 19.2. The van der Waals surface area contributed by atoms with Gasteiger partial charge in [0, 0.05) is 19.8 Å². The quantitative estimate of drug-likeness (QED) is 0.0609. The number of hydrogen-bond acceptors (Lipinski definition) is 7. The molecule has 0 amide bonds. The van der Waals surface area contributed by atoms with E-state index in [1.54, 1.807) is 0 Å². The van der Waals surface area contributed by atoms with E-state index in [-0.39, 0.29) is 6.61 Å². The van der Waals surface area contributed by atoms with Crippen LogP contribution >= 0.6 is 35.3 Å². The Bertz CT molecular complexity index is 871. The van der Waals surface area contributed by atoms with Crippen molar-refractivity contribution in [2.45, 2.75) is 348 Å². The molecule has 4 nitrogen and oxygen atoms in total. The molecule has 0 rings (SSSR count). The molecular formula is C68H138O4S3. The van der Waals surface area contributed by atoms with Crippen molar-refractivity contribution in [2.24, 2.45) is 5.41 Å². The van der Waals surface area contributed by atoms with Crippen LogP contribution in [0.1, 0.15) is 348 Å². The zero-order valence-electron chi connectivity index (χ0n) is 51.7. The van der Waals surface area contributed by atoms with E-state index >= 15 is 0 Å². The minimum absolute atomic E-state index is 0.0447. The van der Waals surface area contributed by atoms with Crippen LogP contribution in [0.3, 0.4) is 0 Å². The Morgan fingerprint density at radius 3 is 0.560 bits per heavy atom. The maximum Gasteiger partial charge on any atom is 0.0635 e. The average Bonchev–Trinajstić information content (AvgIpc) is 3.42. The molecule has 0 aliphatic heterocycles. The molecule has 0 fully saturated rings. The zero-order valence-corrected chi connectivity index (χ0v) is 54.1. The van der Waals surface area contributed by atoms with Crippen molar-refractivity contribution in [2.75, 3.05) is 80.8 Å². The summed E-state index contributed by atoms with van der Waals surface area (Å²) in [6.07, 6.45) is 71.8. The maximum atomic E-state index is 10.7. The van der Waals surface area contributed by atoms with Crippen molar-refractivity contribution in [1.82, 2.24) is 0 Å². The van der Waals surface area contributed by atoms with Gasteiger partial charge in [0.1, 0.15) is 0 Å². The number of ether oxygens (including phenoxy) is 3. The Kier molecular flexibility index (Phi) is 70.0. The van der Waals surface area contributed by atoms with Gasteiger partial charge in [0.25, 0.3) is 0 Å². The fraction of sp³-hybridized carbons (Fsp3) is 1.00. The average molecular weight is 1120 g/mol. The second kappa shape index (κ2) is 69.2. The molecular weight excluding hydrogens is 977 g/mol. The Morgan fingerprint density at radius 2 is 0.387 bits per heavy atom. The Morgan fingerprint density at radius 1 is 0.227 bits per heavy atom. The summed E-state index contributed by atoms with van der Waals surface area (Å²) in [6, 6.07) is 0. The summed E-state index contributed by atoms with van der Waals surface area (Å²) in [7, 11) is 0. The summed E-state index contributed by atoms with van der Waals surface area (Å²) < 4.78 is 18.9. The van der Waals surface area contributed by atoms with Gasteiger partial charge < -0.3 is 19.3 Å². The van der Waals surface area contributed by atoms with Crippen molar-refractivity contribution in [3.8, 4) is 0 Å². The minimum atomic E-state index is -0.484. The third-order valence-electron chi connectivity index (χ3n) is 15.7. The van der Waals surface area contributed by atoms with Crippen molar-refractivity contribution in [3.05, 3.63) is 0 Å². The lowest BCUT2D eigenvalue weighted by atomic mass is 9.92. The van der Waals surface area contributed by atoms with Crippen LogP contribution in [0, 0.1) is 5.41 Å². The summed E-state index contributed by atoms with van der Waals surface area (Å²) in [5, 5.41) is 10.7. The Balaban J connectivity index is 4.18. The van der Waals surface area contributed by atoms with E-state index in [0.717, 1.165) is 56.3 Å². The topological polar surface area (TPSA) is 47.9 Å². The lowest BCUT2D eigenvalue weighted by Gasteiger charge is -2.31. The van der Waals surface area contributed by atoms with Gasteiger partial charge in [0.05, 0.1) is 31.8 Å². The summed E-state index contributed by atoms with van der Waals surface area (Å²) in [6.45, 7) is 10.7. The highest BCUT2D eigenvalue weighted by atomic mass is 32.2. The van der Waals surface area contributed by atoms with Crippen LogP contribution in [0.4, 0.5) is 0 Å². The Hall–Kier alpha value is 0.890. The van der Waals surface area contributed by atoms with Gasteiger partial charge in [-0.3, -0.25) is 0 Å². The maximum absolute atomic E-state index is 10.7. The highest BCUT2D eigenvalue weighted by Gasteiger charge is 2.31. The van der Waals surface area contributed by atoms with Crippen LogP contribution < -0.4 is 0 Å². The van der Waals surface area contributed by atoms with Crippen molar-refractivity contribution >= 4 is 35.3 Å². The zero-order chi connectivity index (χ0) is 54.0. The van der Waals surface area contributed by atoms with E-state index in [4.69, 9.17) is 14.2 Å². The first kappa shape index (κ1) is 75.9. The number of aliphatic hydroxyl groups excluding tert-OH is 1. The van der Waals surface area contributed by atoms with Crippen molar-refractivity contribution < 1.29 is 19.3 Å². The van der Waals surface area contributed by atoms with E-state index in [1.165, 1.54) is 325 Å². The van der Waals surface area contributed by atoms with Gasteiger partial charge in [-0.15, -0.1) is 0 Å². The first-order valence-electron chi connectivity index (χ1n) is 34.3. The second-order valence-electron chi connectivity index (χ2n) is 23.6. The number of aliphatic hydroxyl groups is 1. The largest absolute Gasteiger partial charge is 0.396 e. The molecule has 0 heterocycles. The van der Waals surface area contributed by atoms with E-state index in [2.05, 4.69) is 56.1 Å². The molecule has 0 spiro atoms. The van der Waals surface area contributed by atoms with Gasteiger partial charge >= 0.3 is 0 Å². The fourth-order valence-electron chi connectivity index (χ4n) is 10.5. The number of thioether (sulfide) groups is 3. The Labute approximate surface area is 486 Å². The van der Waals surface area contributed by atoms with Crippen LogP contribution in [0.15, 0.2) is 0 Å². The molecule has 0 atom stereocenters. The van der Waals surface area contributed by atoms with E-state index in [0.29, 0.717) is 19.8 Å². The molecule has 0 saturated carbocycles. The molecule has 0 radical (unpaired) electrons. The van der Waals surface area contributed by atoms with Gasteiger partial charge in [-0.05, 0) is 73.0 Å². The van der Waals surface area contributed by atoms with Crippen LogP contribution in [-0.4, -0.2) is 85.9 Å². The normalized spacial score (nSPS) is 12.0. The molecule has 452 valence electrons. The summed E-state index contributed by atoms with van der Waals surface area (Å²) in [5.74, 6) is 7.30. The molecule has 0 aliphatic rings. The van der Waals surface area contributed by atoms with Crippen molar-refractivity contribution in [3.63, 3.8) is 0 Å². The molecule has 7 heteroatoms. The van der Waals surface area contributed by atoms with Crippen LogP contribution in [0.25, 0.3) is 0 Å². The molecule has 1 N–H and O–H groups in total. The SMILES string of the molecule is CCCCCCCCCCCCCCCCCCSCCCOCC(CO)(COCCCSCCCCCCCCCCCCCCCCCC)COCCCSCCCCCCCCCCCCCCCCCC. The molecule has 0 saturated heterocycles. The second-order valence-corrected chi connectivity index (χ2v) is 27.3. The predicted octanol–water partition coefficient (Wildman–Crippen LogP) is 23.2. The molecule has 0 aromatic rings. The molecule has 0 aromatic carbocycles. The highest BCUT2D eigenvalue weighted by molar-refractivity contribution is 7.99. The van der Waals surface area contributed by atoms with E-state index in [9.17, 15) is 5.11 Å². The van der Waals surface area contributed by atoms with E-state index in [1.807, 2.05) is 0 Å². The summed E-state index contributed by atoms with van der Waals surface area (Å²) >= 11 is 6.28. The van der Waals surface area contributed by atoms with Gasteiger partial charge in [-0.1, -0.05) is 310 Å². The van der Waals surface area contributed by atoms with Crippen molar-refractivity contribution in [1.29, 1.82) is 0 Å². The monoisotopic (exact) mass is 1110 g/mol. The molecule has 0 unspecified atom stereocenters. The fourth-order valence-corrected chi connectivity index (χ4v) is 13.3. The first-order chi connectivity index (χ1) is 37.2. The van der Waals surface area contributed by atoms with E-state index < -0.39 is 5.41 Å².